The molecule has 0 saturated heterocycles. The Labute approximate surface area is 279 Å². The number of hydrogen-bond acceptors (Lipinski definition) is 0. The maximum absolute atomic E-state index is 2.92. The molecule has 1 aromatic heterocycles. The van der Waals surface area contributed by atoms with Gasteiger partial charge < -0.3 is 0 Å². The molecule has 46 heavy (non-hydrogen) atoms. The Hall–Kier alpha value is -2.44. The lowest BCUT2D eigenvalue weighted by Crippen LogP contribution is -2.33. The van der Waals surface area contributed by atoms with Crippen LogP contribution in [0.3, 0.4) is 0 Å². The molecular formula is C43H59N2P. The van der Waals surface area contributed by atoms with Crippen LogP contribution in [-0.2, 0) is 0 Å². The number of benzene rings is 3. The molecule has 0 spiro atoms. The smallest absolute Gasteiger partial charge is 0.118 e. The van der Waals surface area contributed by atoms with Crippen molar-refractivity contribution < 1.29 is 0 Å². The molecule has 3 heteroatoms. The lowest BCUT2D eigenvalue weighted by molar-refractivity contribution is 0.455. The fraction of sp³-hybridized carbons (Fsp3) is 0.558. The van der Waals surface area contributed by atoms with Gasteiger partial charge in [0.2, 0.25) is 0 Å². The molecule has 0 amide bonds. The third-order valence-corrected chi connectivity index (χ3v) is 18.6. The molecule has 3 aliphatic carbocycles. The lowest BCUT2D eigenvalue weighted by atomic mass is 9.99. The van der Waals surface area contributed by atoms with Crippen LogP contribution in [0.15, 0.2) is 48.5 Å². The Kier molecular flexibility index (Phi) is 9.23. The van der Waals surface area contributed by atoms with Crippen LogP contribution in [-0.4, -0.2) is 26.1 Å². The minimum absolute atomic E-state index is 0.846. The number of aromatic nitrogens is 2. The highest BCUT2D eigenvalue weighted by atomic mass is 31.2. The van der Waals surface area contributed by atoms with E-state index in [-0.39, 0.29) is 0 Å². The van der Waals surface area contributed by atoms with Crippen molar-refractivity contribution in [3.8, 4) is 11.4 Å². The first-order chi connectivity index (χ1) is 22.3. The molecule has 1 heterocycles. The normalized spacial score (nSPS) is 19.3. The average molecular weight is 635 g/mol. The second-order valence-electron chi connectivity index (χ2n) is 15.7. The van der Waals surface area contributed by atoms with Crippen LogP contribution in [0.2, 0.25) is 0 Å². The quantitative estimate of drug-likeness (QED) is 0.193. The van der Waals surface area contributed by atoms with E-state index in [1.165, 1.54) is 152 Å². The fourth-order valence-corrected chi connectivity index (χ4v) is 18.4. The summed E-state index contributed by atoms with van der Waals surface area (Å²) in [6, 6.07) is 19.4. The molecule has 3 fully saturated rings. The summed E-state index contributed by atoms with van der Waals surface area (Å²) in [5.74, 6) is 0. The molecule has 7 rings (SSSR count). The minimum atomic E-state index is -1.73. The number of aryl methyl sites for hydroxylation is 6. The van der Waals surface area contributed by atoms with E-state index in [1.54, 1.807) is 5.20 Å². The molecule has 3 aliphatic rings. The summed E-state index contributed by atoms with van der Waals surface area (Å²) in [5, 5.41) is 1.75. The lowest BCUT2D eigenvalue weighted by Gasteiger charge is -2.50. The summed E-state index contributed by atoms with van der Waals surface area (Å²) in [6.07, 6.45) is 21.5. The highest BCUT2D eigenvalue weighted by Gasteiger charge is 2.46. The van der Waals surface area contributed by atoms with E-state index in [4.69, 9.17) is 0 Å². The van der Waals surface area contributed by atoms with E-state index in [0.29, 0.717) is 0 Å². The van der Waals surface area contributed by atoms with Gasteiger partial charge in [0, 0.05) is 0 Å². The van der Waals surface area contributed by atoms with E-state index in [1.807, 2.05) is 0 Å². The number of rotatable bonds is 5. The number of hydrogen-bond donors (Lipinski definition) is 0. The zero-order valence-electron chi connectivity index (χ0n) is 29.8. The van der Waals surface area contributed by atoms with Crippen LogP contribution in [0, 0.1) is 46.7 Å². The summed E-state index contributed by atoms with van der Waals surface area (Å²) < 4.78 is 5.84. The van der Waals surface area contributed by atoms with Gasteiger partial charge >= 0.3 is 0 Å². The molecule has 0 unspecified atom stereocenters. The van der Waals surface area contributed by atoms with Gasteiger partial charge in [0.05, 0.1) is 22.4 Å². The monoisotopic (exact) mass is 634 g/mol. The first-order valence-electron chi connectivity index (χ1n) is 18.9. The summed E-state index contributed by atoms with van der Waals surface area (Å²) in [7, 11) is 0. The predicted molar refractivity (Wildman–Crippen MR) is 202 cm³/mol. The Balaban J connectivity index is 1.81. The molecule has 2 nitrogen and oxygen atoms in total. The van der Waals surface area contributed by atoms with Crippen LogP contribution in [0.5, 0.6) is 0 Å². The Bertz CT molecular complexity index is 1620. The number of para-hydroxylation sites is 2. The summed E-state index contributed by atoms with van der Waals surface area (Å²) in [5.41, 5.74) is 16.8. The van der Waals surface area contributed by atoms with E-state index in [2.05, 4.69) is 99.2 Å². The van der Waals surface area contributed by atoms with E-state index in [0.717, 1.165) is 17.0 Å². The zero-order chi connectivity index (χ0) is 32.0. The number of imidazole rings is 1. The van der Waals surface area contributed by atoms with Gasteiger partial charge in [-0.05, 0) is 131 Å². The van der Waals surface area contributed by atoms with Crippen molar-refractivity contribution in [3.05, 3.63) is 87.1 Å². The molecule has 4 aromatic rings. The molecule has 0 N–H and O–H groups in total. The van der Waals surface area contributed by atoms with Crippen LogP contribution in [0.25, 0.3) is 22.4 Å². The topological polar surface area (TPSA) is 9.86 Å². The van der Waals surface area contributed by atoms with Gasteiger partial charge in [-0.3, -0.25) is 9.13 Å². The van der Waals surface area contributed by atoms with Gasteiger partial charge in [0.25, 0.3) is 0 Å². The third kappa shape index (κ3) is 5.40. The van der Waals surface area contributed by atoms with Gasteiger partial charge in [-0.1, -0.05) is 112 Å². The standard InChI is InChI=1S/C43H59N2P/c1-30-26-32(3)41(33(4)27-30)44-39-24-16-17-25-40(39)45(42-34(5)28-31(2)29-35(42)6)43(44)46(36-18-10-7-11-19-36,37-20-12-8-13-21-37)38-22-14-9-15-23-38/h16-17,24-29,36-38H,7-15,18-23H2,1-6H3. The van der Waals surface area contributed by atoms with E-state index < -0.39 is 6.89 Å². The van der Waals surface area contributed by atoms with Crippen LogP contribution >= 0.6 is 6.89 Å². The van der Waals surface area contributed by atoms with Gasteiger partial charge in [0.1, 0.15) is 5.20 Å². The molecule has 0 radical (unpaired) electrons. The van der Waals surface area contributed by atoms with Crippen LogP contribution in [0.1, 0.15) is 130 Å². The van der Waals surface area contributed by atoms with Crippen molar-refractivity contribution in [1.29, 1.82) is 0 Å². The van der Waals surface area contributed by atoms with Gasteiger partial charge in [0.15, 0.2) is 0 Å². The van der Waals surface area contributed by atoms with Gasteiger partial charge in [-0.2, -0.15) is 0 Å². The first-order valence-corrected chi connectivity index (χ1v) is 20.9. The van der Waals surface area contributed by atoms with Crippen LogP contribution < -0.4 is 0 Å². The van der Waals surface area contributed by atoms with Crippen molar-refractivity contribution >= 4 is 17.9 Å². The second kappa shape index (κ2) is 13.2. The van der Waals surface area contributed by atoms with Crippen molar-refractivity contribution in [3.63, 3.8) is 0 Å². The molecule has 0 bridgehead atoms. The summed E-state index contributed by atoms with van der Waals surface area (Å²) in [4.78, 5) is 0. The van der Waals surface area contributed by atoms with Crippen molar-refractivity contribution in [1.82, 2.24) is 9.13 Å². The maximum atomic E-state index is 2.92. The van der Waals surface area contributed by atoms with E-state index >= 15 is 0 Å². The Morgan fingerprint density at radius 2 is 0.761 bits per heavy atom. The summed E-state index contributed by atoms with van der Waals surface area (Å²) in [6.45, 7) is 12.4. The predicted octanol–water partition coefficient (Wildman–Crippen LogP) is 12.8. The van der Waals surface area contributed by atoms with Crippen molar-refractivity contribution in [2.24, 2.45) is 0 Å². The molecule has 246 valence electrons. The van der Waals surface area contributed by atoms with Gasteiger partial charge in [-0.25, -0.2) is 0 Å². The van der Waals surface area contributed by atoms with Crippen molar-refractivity contribution in [2.45, 2.75) is 155 Å². The largest absolute Gasteiger partial charge is 0.294 e. The fourth-order valence-electron chi connectivity index (χ4n) is 10.9. The average Bonchev–Trinajstić information content (AvgIpc) is 3.37. The number of fused-ring (bicyclic) bond motifs is 1. The molecule has 0 atom stereocenters. The molecule has 3 saturated carbocycles. The van der Waals surface area contributed by atoms with Crippen molar-refractivity contribution in [2.75, 3.05) is 0 Å². The van der Waals surface area contributed by atoms with Gasteiger partial charge in [-0.15, -0.1) is 0 Å². The SMILES string of the molecule is Cc1cc(C)c(-n2c(=P(C3CCCCC3)(C3CCCCC3)C3CCCCC3)n(-c3c(C)cc(C)cc3C)c3ccccc32)c(C)c1. The van der Waals surface area contributed by atoms with Crippen LogP contribution in [0.4, 0.5) is 0 Å². The molecule has 3 aromatic carbocycles. The highest BCUT2D eigenvalue weighted by Crippen LogP contribution is 2.72. The summed E-state index contributed by atoms with van der Waals surface area (Å²) >= 11 is 0. The number of nitrogens with zero attached hydrogens (tertiary/aromatic N) is 2. The Morgan fingerprint density at radius 3 is 1.07 bits per heavy atom. The molecular weight excluding hydrogens is 575 g/mol. The van der Waals surface area contributed by atoms with E-state index in [9.17, 15) is 0 Å². The maximum Gasteiger partial charge on any atom is 0.118 e. The Morgan fingerprint density at radius 1 is 0.457 bits per heavy atom. The minimum Gasteiger partial charge on any atom is -0.294 e. The highest BCUT2D eigenvalue weighted by molar-refractivity contribution is 7.70. The molecule has 0 aliphatic heterocycles. The first kappa shape index (κ1) is 32.1. The zero-order valence-corrected chi connectivity index (χ0v) is 30.7. The third-order valence-electron chi connectivity index (χ3n) is 12.4. The second-order valence-corrected chi connectivity index (χ2v) is 19.9.